The number of anilines is 1. The summed E-state index contributed by atoms with van der Waals surface area (Å²) in [4.78, 5) is 30.7. The summed E-state index contributed by atoms with van der Waals surface area (Å²) in [6.07, 6.45) is 0. The topological polar surface area (TPSA) is 55.9 Å². The maximum absolute atomic E-state index is 12.5. The van der Waals surface area contributed by atoms with Crippen LogP contribution in [-0.4, -0.2) is 78.6 Å². The molecule has 3 amide bonds. The van der Waals surface area contributed by atoms with Crippen molar-refractivity contribution in [3.05, 3.63) is 28.2 Å². The Balaban J connectivity index is 1.49. The fourth-order valence-corrected chi connectivity index (χ4v) is 4.44. The van der Waals surface area contributed by atoms with Crippen LogP contribution in [0.2, 0.25) is 10.0 Å². The zero-order valence-electron chi connectivity index (χ0n) is 15.3. The molecule has 6 nitrogen and oxygen atoms in total. The first kappa shape index (κ1) is 20.4. The second-order valence-corrected chi connectivity index (χ2v) is 8.72. The van der Waals surface area contributed by atoms with Crippen LogP contribution in [0.15, 0.2) is 18.2 Å². The van der Waals surface area contributed by atoms with Crippen molar-refractivity contribution in [3.63, 3.8) is 0 Å². The number of thioether (sulfide) groups is 1. The minimum Gasteiger partial charge on any atom is -0.368 e. The Morgan fingerprint density at radius 3 is 2.30 bits per heavy atom. The first-order valence-electron chi connectivity index (χ1n) is 9.07. The number of amides is 3. The molecule has 27 heavy (non-hydrogen) atoms. The van der Waals surface area contributed by atoms with Crippen LogP contribution in [0.25, 0.3) is 0 Å². The van der Waals surface area contributed by atoms with Crippen LogP contribution in [-0.2, 0) is 4.79 Å². The van der Waals surface area contributed by atoms with Gasteiger partial charge in [-0.2, -0.15) is 11.8 Å². The zero-order chi connectivity index (χ0) is 19.4. The second-order valence-electron chi connectivity index (χ2n) is 6.68. The van der Waals surface area contributed by atoms with Gasteiger partial charge in [-0.1, -0.05) is 23.2 Å². The summed E-state index contributed by atoms with van der Waals surface area (Å²) in [5, 5.41) is 3.91. The van der Waals surface area contributed by atoms with Gasteiger partial charge in [-0.3, -0.25) is 4.79 Å². The van der Waals surface area contributed by atoms with Gasteiger partial charge in [0.1, 0.15) is 6.04 Å². The normalized spacial score (nSPS) is 19.0. The molecule has 2 heterocycles. The fraction of sp³-hybridized carbons (Fsp3) is 0.556. The van der Waals surface area contributed by atoms with E-state index in [1.54, 1.807) is 17.9 Å². The highest BCUT2D eigenvalue weighted by molar-refractivity contribution is 7.99. The Bertz CT molecular complexity index is 692. The van der Waals surface area contributed by atoms with Crippen LogP contribution in [0.3, 0.4) is 0 Å². The number of hydrogen-bond acceptors (Lipinski definition) is 4. The number of urea groups is 1. The van der Waals surface area contributed by atoms with Crippen molar-refractivity contribution in [2.45, 2.75) is 13.0 Å². The molecule has 3 rings (SSSR count). The molecule has 1 aromatic carbocycles. The average Bonchev–Trinajstić information content (AvgIpc) is 2.70. The van der Waals surface area contributed by atoms with E-state index < -0.39 is 6.04 Å². The van der Waals surface area contributed by atoms with Crippen molar-refractivity contribution in [2.75, 3.05) is 55.7 Å². The van der Waals surface area contributed by atoms with Crippen LogP contribution in [0.4, 0.5) is 10.5 Å². The lowest BCUT2D eigenvalue weighted by atomic mass is 10.2. The fourth-order valence-electron chi connectivity index (χ4n) is 3.25. The molecule has 2 saturated heterocycles. The van der Waals surface area contributed by atoms with Gasteiger partial charge in [-0.05, 0) is 25.1 Å². The molecule has 0 saturated carbocycles. The van der Waals surface area contributed by atoms with Crippen LogP contribution in [0, 0.1) is 0 Å². The molecule has 0 radical (unpaired) electrons. The monoisotopic (exact) mass is 430 g/mol. The molecule has 148 valence electrons. The predicted octanol–water partition coefficient (Wildman–Crippen LogP) is 2.79. The largest absolute Gasteiger partial charge is 0.368 e. The van der Waals surface area contributed by atoms with E-state index >= 15 is 0 Å². The smallest absolute Gasteiger partial charge is 0.318 e. The highest BCUT2D eigenvalue weighted by atomic mass is 35.5. The van der Waals surface area contributed by atoms with Gasteiger partial charge in [0.15, 0.2) is 0 Å². The van der Waals surface area contributed by atoms with Gasteiger partial charge >= 0.3 is 6.03 Å². The summed E-state index contributed by atoms with van der Waals surface area (Å²) >= 11 is 13.9. The third-order valence-corrected chi connectivity index (χ3v) is 6.55. The molecule has 0 unspecified atom stereocenters. The number of carbonyl (C=O) groups excluding carboxylic acids is 2. The maximum atomic E-state index is 12.5. The third-order valence-electron chi connectivity index (χ3n) is 4.87. The molecular formula is C18H24Cl2N4O2S. The van der Waals surface area contributed by atoms with E-state index in [1.807, 2.05) is 28.8 Å². The molecule has 2 aliphatic heterocycles. The lowest BCUT2D eigenvalue weighted by molar-refractivity contribution is -0.132. The van der Waals surface area contributed by atoms with E-state index in [0.717, 1.165) is 30.3 Å². The summed E-state index contributed by atoms with van der Waals surface area (Å²) < 4.78 is 0. The summed E-state index contributed by atoms with van der Waals surface area (Å²) in [6, 6.07) is 4.87. The number of nitrogens with zero attached hydrogens (tertiary/aromatic N) is 3. The molecular weight excluding hydrogens is 407 g/mol. The van der Waals surface area contributed by atoms with Gasteiger partial charge in [0.25, 0.3) is 0 Å². The molecule has 9 heteroatoms. The molecule has 2 aliphatic rings. The average molecular weight is 431 g/mol. The van der Waals surface area contributed by atoms with Gasteiger partial charge in [0, 0.05) is 56.5 Å². The van der Waals surface area contributed by atoms with Crippen LogP contribution in [0.5, 0.6) is 0 Å². The Kier molecular flexibility index (Phi) is 7.00. The van der Waals surface area contributed by atoms with Crippen molar-refractivity contribution in [2.24, 2.45) is 0 Å². The standard InChI is InChI=1S/C18H24Cl2N4O2S/c1-13(17(25)23-8-10-27-11-9-23)21-18(26)24-6-4-22(5-7-24)14-2-3-15(19)16(20)12-14/h2-3,12-13H,4-11H2,1H3,(H,21,26)/t13-/m1/s1. The van der Waals surface area contributed by atoms with E-state index in [2.05, 4.69) is 10.2 Å². The van der Waals surface area contributed by atoms with Crippen LogP contribution in [0.1, 0.15) is 6.92 Å². The summed E-state index contributed by atoms with van der Waals surface area (Å²) in [5.41, 5.74) is 0.996. The van der Waals surface area contributed by atoms with Gasteiger partial charge in [-0.15, -0.1) is 0 Å². The molecule has 0 bridgehead atoms. The van der Waals surface area contributed by atoms with E-state index in [4.69, 9.17) is 23.2 Å². The van der Waals surface area contributed by atoms with Crippen molar-refractivity contribution >= 4 is 52.6 Å². The van der Waals surface area contributed by atoms with E-state index in [-0.39, 0.29) is 11.9 Å². The minimum absolute atomic E-state index is 0.00177. The summed E-state index contributed by atoms with van der Waals surface area (Å²) in [7, 11) is 0. The maximum Gasteiger partial charge on any atom is 0.318 e. The quantitative estimate of drug-likeness (QED) is 0.800. The Hall–Kier alpha value is -1.31. The SMILES string of the molecule is C[C@@H](NC(=O)N1CCN(c2ccc(Cl)c(Cl)c2)CC1)C(=O)N1CCSCC1. The molecule has 0 aliphatic carbocycles. The molecule has 1 N–H and O–H groups in total. The summed E-state index contributed by atoms with van der Waals surface area (Å²) in [5.74, 6) is 1.92. The van der Waals surface area contributed by atoms with Gasteiger partial charge < -0.3 is 20.0 Å². The third kappa shape index (κ3) is 5.15. The van der Waals surface area contributed by atoms with Crippen molar-refractivity contribution < 1.29 is 9.59 Å². The number of benzene rings is 1. The summed E-state index contributed by atoms with van der Waals surface area (Å²) in [6.45, 7) is 5.86. The Labute approximate surface area is 174 Å². The lowest BCUT2D eigenvalue weighted by Crippen LogP contribution is -2.56. The number of hydrogen-bond donors (Lipinski definition) is 1. The minimum atomic E-state index is -0.506. The molecule has 1 atom stereocenters. The number of halogens is 2. The highest BCUT2D eigenvalue weighted by Crippen LogP contribution is 2.27. The zero-order valence-corrected chi connectivity index (χ0v) is 17.6. The number of nitrogens with one attached hydrogen (secondary N) is 1. The molecule has 2 fully saturated rings. The van der Waals surface area contributed by atoms with Crippen molar-refractivity contribution in [1.82, 2.24) is 15.1 Å². The van der Waals surface area contributed by atoms with Crippen molar-refractivity contribution in [1.29, 1.82) is 0 Å². The van der Waals surface area contributed by atoms with Crippen LogP contribution >= 0.6 is 35.0 Å². The lowest BCUT2D eigenvalue weighted by Gasteiger charge is -2.37. The second kappa shape index (κ2) is 9.26. The highest BCUT2D eigenvalue weighted by Gasteiger charge is 2.27. The number of piperazine rings is 1. The predicted molar refractivity (Wildman–Crippen MR) is 112 cm³/mol. The first-order valence-corrected chi connectivity index (χ1v) is 11.0. The molecule has 0 aromatic heterocycles. The van der Waals surface area contributed by atoms with Gasteiger partial charge in [0.05, 0.1) is 10.0 Å². The van der Waals surface area contributed by atoms with E-state index in [1.165, 1.54) is 0 Å². The van der Waals surface area contributed by atoms with Gasteiger partial charge in [0.2, 0.25) is 5.91 Å². The molecule has 0 spiro atoms. The Morgan fingerprint density at radius 1 is 1.00 bits per heavy atom. The van der Waals surface area contributed by atoms with Gasteiger partial charge in [-0.25, -0.2) is 4.79 Å². The van der Waals surface area contributed by atoms with Crippen molar-refractivity contribution in [3.8, 4) is 0 Å². The number of rotatable bonds is 3. The van der Waals surface area contributed by atoms with E-state index in [0.29, 0.717) is 36.2 Å². The Morgan fingerprint density at radius 2 is 1.67 bits per heavy atom. The molecule has 1 aromatic rings. The first-order chi connectivity index (χ1) is 13.0. The van der Waals surface area contributed by atoms with E-state index in [9.17, 15) is 9.59 Å². The van der Waals surface area contributed by atoms with Crippen LogP contribution < -0.4 is 10.2 Å². The number of carbonyl (C=O) groups is 2.